The molecule has 2 amide bonds. The average molecular weight is 338 g/mol. The summed E-state index contributed by atoms with van der Waals surface area (Å²) in [5.41, 5.74) is 3.86. The Hall–Kier alpha value is -2.23. The Bertz CT molecular complexity index is 806. The molecule has 4 heteroatoms. The monoisotopic (exact) mass is 338 g/mol. The van der Waals surface area contributed by atoms with Gasteiger partial charge in [0.25, 0.3) is 0 Å². The number of aryl methyl sites for hydroxylation is 2. The summed E-state index contributed by atoms with van der Waals surface area (Å²) in [6, 6.07) is 10.5. The molecule has 2 aromatic rings. The van der Waals surface area contributed by atoms with Gasteiger partial charge < -0.3 is 15.1 Å². The first-order chi connectivity index (χ1) is 11.9. The highest BCUT2D eigenvalue weighted by Gasteiger charge is 2.36. The van der Waals surface area contributed by atoms with Crippen molar-refractivity contribution in [3.63, 3.8) is 0 Å². The molecule has 0 saturated heterocycles. The van der Waals surface area contributed by atoms with E-state index in [-0.39, 0.29) is 23.5 Å². The molecule has 0 spiro atoms. The van der Waals surface area contributed by atoms with Crippen molar-refractivity contribution in [2.45, 2.75) is 58.5 Å². The number of nitrogens with one attached hydrogen (secondary N) is 2. The number of urea groups is 1. The number of furan rings is 1. The third-order valence-corrected chi connectivity index (χ3v) is 5.48. The van der Waals surface area contributed by atoms with Crippen LogP contribution in [0.3, 0.4) is 0 Å². The van der Waals surface area contributed by atoms with Crippen LogP contribution >= 0.6 is 0 Å². The number of carbonyl (C=O) groups is 1. The van der Waals surface area contributed by atoms with E-state index < -0.39 is 0 Å². The molecule has 2 unspecified atom stereocenters. The first kappa shape index (κ1) is 16.2. The van der Waals surface area contributed by atoms with Gasteiger partial charge in [0.05, 0.1) is 12.1 Å². The zero-order valence-electron chi connectivity index (χ0n) is 15.2. The van der Waals surface area contributed by atoms with Crippen molar-refractivity contribution in [1.82, 2.24) is 10.6 Å². The number of rotatable bonds is 2. The molecule has 0 radical (unpaired) electrons. The molecule has 4 rings (SSSR count). The van der Waals surface area contributed by atoms with Gasteiger partial charge >= 0.3 is 6.03 Å². The van der Waals surface area contributed by atoms with Gasteiger partial charge in [0, 0.05) is 12.0 Å². The number of hydrogen-bond donors (Lipinski definition) is 2. The SMILES string of the molecule is Cc1cc2c(o1)CC(C)(C)CC2NC(=O)NC1CCc2ccccc21. The van der Waals surface area contributed by atoms with Crippen LogP contribution in [0, 0.1) is 12.3 Å². The minimum Gasteiger partial charge on any atom is -0.466 e. The third kappa shape index (κ3) is 3.17. The van der Waals surface area contributed by atoms with Crippen LogP contribution in [0.4, 0.5) is 4.79 Å². The first-order valence-corrected chi connectivity index (χ1v) is 9.15. The maximum Gasteiger partial charge on any atom is 0.315 e. The van der Waals surface area contributed by atoms with E-state index in [1.807, 2.05) is 13.0 Å². The highest BCUT2D eigenvalue weighted by Crippen LogP contribution is 2.42. The lowest BCUT2D eigenvalue weighted by Gasteiger charge is -2.34. The molecule has 0 aliphatic heterocycles. The van der Waals surface area contributed by atoms with Crippen molar-refractivity contribution in [1.29, 1.82) is 0 Å². The van der Waals surface area contributed by atoms with Crippen LogP contribution in [0.25, 0.3) is 0 Å². The normalized spacial score (nSPS) is 23.6. The van der Waals surface area contributed by atoms with Gasteiger partial charge in [-0.25, -0.2) is 4.79 Å². The fraction of sp³-hybridized carbons (Fsp3) is 0.476. The number of hydrogen-bond acceptors (Lipinski definition) is 2. The second kappa shape index (κ2) is 5.94. The lowest BCUT2D eigenvalue weighted by atomic mass is 9.75. The molecule has 0 bridgehead atoms. The van der Waals surface area contributed by atoms with Crippen molar-refractivity contribution in [2.75, 3.05) is 0 Å². The van der Waals surface area contributed by atoms with E-state index in [2.05, 4.69) is 48.7 Å². The quantitative estimate of drug-likeness (QED) is 0.841. The van der Waals surface area contributed by atoms with Gasteiger partial charge in [-0.1, -0.05) is 38.1 Å². The molecule has 0 saturated carbocycles. The molecule has 1 aromatic heterocycles. The zero-order chi connectivity index (χ0) is 17.6. The van der Waals surface area contributed by atoms with Crippen LogP contribution in [-0.4, -0.2) is 6.03 Å². The standard InChI is InChI=1S/C21H26N2O2/c1-13-10-16-18(11-21(2,3)12-19(16)25-13)23-20(24)22-17-9-8-14-6-4-5-7-15(14)17/h4-7,10,17-18H,8-9,11-12H2,1-3H3,(H2,22,23,24). The van der Waals surface area contributed by atoms with Crippen molar-refractivity contribution < 1.29 is 9.21 Å². The summed E-state index contributed by atoms with van der Waals surface area (Å²) in [5.74, 6) is 1.94. The van der Waals surface area contributed by atoms with Gasteiger partial charge in [0.1, 0.15) is 11.5 Å². The van der Waals surface area contributed by atoms with Crippen LogP contribution in [0.15, 0.2) is 34.7 Å². The maximum atomic E-state index is 12.7. The van der Waals surface area contributed by atoms with Crippen molar-refractivity contribution in [3.05, 3.63) is 58.5 Å². The van der Waals surface area contributed by atoms with Crippen LogP contribution in [-0.2, 0) is 12.8 Å². The summed E-state index contributed by atoms with van der Waals surface area (Å²) in [6.45, 7) is 6.43. The van der Waals surface area contributed by atoms with E-state index in [1.54, 1.807) is 0 Å². The Labute approximate surface area is 149 Å². The van der Waals surface area contributed by atoms with Gasteiger partial charge in [-0.05, 0) is 48.8 Å². The zero-order valence-corrected chi connectivity index (χ0v) is 15.2. The molecule has 2 aliphatic carbocycles. The minimum absolute atomic E-state index is 0.00727. The molecule has 2 aliphatic rings. The topological polar surface area (TPSA) is 54.3 Å². The third-order valence-electron chi connectivity index (χ3n) is 5.48. The van der Waals surface area contributed by atoms with E-state index in [0.717, 1.165) is 42.8 Å². The average Bonchev–Trinajstić information content (AvgIpc) is 3.10. The summed E-state index contributed by atoms with van der Waals surface area (Å²) in [4.78, 5) is 12.7. The minimum atomic E-state index is -0.0887. The van der Waals surface area contributed by atoms with Gasteiger partial charge in [-0.3, -0.25) is 0 Å². The Balaban J connectivity index is 1.48. The Morgan fingerprint density at radius 1 is 1.16 bits per heavy atom. The molecule has 2 N–H and O–H groups in total. The molecule has 1 heterocycles. The number of amides is 2. The van der Waals surface area contributed by atoms with Gasteiger partial charge in [-0.2, -0.15) is 0 Å². The molecule has 2 atom stereocenters. The second-order valence-electron chi connectivity index (χ2n) is 8.24. The predicted octanol–water partition coefficient (Wildman–Crippen LogP) is 4.59. The summed E-state index contributed by atoms with van der Waals surface area (Å²) in [6.07, 6.45) is 3.85. The van der Waals surface area contributed by atoms with E-state index >= 15 is 0 Å². The molecule has 0 fully saturated rings. The summed E-state index contributed by atoms with van der Waals surface area (Å²) < 4.78 is 5.86. The van der Waals surface area contributed by atoms with Crippen LogP contribution in [0.2, 0.25) is 0 Å². The van der Waals surface area contributed by atoms with Crippen molar-refractivity contribution in [2.24, 2.45) is 5.41 Å². The molecular formula is C21H26N2O2. The van der Waals surface area contributed by atoms with E-state index in [0.29, 0.717) is 0 Å². The highest BCUT2D eigenvalue weighted by atomic mass is 16.3. The Kier molecular flexibility index (Phi) is 3.86. The lowest BCUT2D eigenvalue weighted by Crippen LogP contribution is -2.42. The summed E-state index contributed by atoms with van der Waals surface area (Å²) >= 11 is 0. The fourth-order valence-corrected chi connectivity index (χ4v) is 4.38. The lowest BCUT2D eigenvalue weighted by molar-refractivity contribution is 0.212. The molecule has 4 nitrogen and oxygen atoms in total. The van der Waals surface area contributed by atoms with Gasteiger partial charge in [0.2, 0.25) is 0 Å². The summed E-state index contributed by atoms with van der Waals surface area (Å²) in [7, 11) is 0. The fourth-order valence-electron chi connectivity index (χ4n) is 4.38. The molecular weight excluding hydrogens is 312 g/mol. The van der Waals surface area contributed by atoms with Crippen molar-refractivity contribution in [3.8, 4) is 0 Å². The van der Waals surface area contributed by atoms with Crippen LogP contribution in [0.1, 0.15) is 67.0 Å². The largest absolute Gasteiger partial charge is 0.466 e. The molecule has 1 aromatic carbocycles. The second-order valence-corrected chi connectivity index (χ2v) is 8.24. The molecule has 25 heavy (non-hydrogen) atoms. The van der Waals surface area contributed by atoms with E-state index in [4.69, 9.17) is 4.42 Å². The number of benzene rings is 1. The number of fused-ring (bicyclic) bond motifs is 2. The van der Waals surface area contributed by atoms with Gasteiger partial charge in [0.15, 0.2) is 0 Å². The predicted molar refractivity (Wildman–Crippen MR) is 97.5 cm³/mol. The Morgan fingerprint density at radius 2 is 1.92 bits per heavy atom. The van der Waals surface area contributed by atoms with Crippen molar-refractivity contribution >= 4 is 6.03 Å². The van der Waals surface area contributed by atoms with Crippen LogP contribution < -0.4 is 10.6 Å². The smallest absolute Gasteiger partial charge is 0.315 e. The first-order valence-electron chi connectivity index (χ1n) is 9.15. The maximum absolute atomic E-state index is 12.7. The van der Waals surface area contributed by atoms with Crippen LogP contribution in [0.5, 0.6) is 0 Å². The van der Waals surface area contributed by atoms with E-state index in [9.17, 15) is 4.79 Å². The summed E-state index contributed by atoms with van der Waals surface area (Å²) in [5, 5.41) is 6.36. The highest BCUT2D eigenvalue weighted by molar-refractivity contribution is 5.75. The molecule has 132 valence electrons. The van der Waals surface area contributed by atoms with E-state index in [1.165, 1.54) is 11.1 Å². The van der Waals surface area contributed by atoms with Gasteiger partial charge in [-0.15, -0.1) is 0 Å². The number of carbonyl (C=O) groups excluding carboxylic acids is 1. The Morgan fingerprint density at radius 3 is 2.76 bits per heavy atom.